The van der Waals surface area contributed by atoms with E-state index in [4.69, 9.17) is 9.47 Å². The molecule has 0 aliphatic carbocycles. The minimum Gasteiger partial charge on any atom is -0.454 e. The zero-order valence-electron chi connectivity index (χ0n) is 11.0. The first-order chi connectivity index (χ1) is 9.19. The zero-order chi connectivity index (χ0) is 13.7. The summed E-state index contributed by atoms with van der Waals surface area (Å²) in [6.07, 6.45) is 1.66. The third-order valence-corrected chi connectivity index (χ3v) is 2.75. The molecule has 0 unspecified atom stereocenters. The Balaban J connectivity index is 1.86. The van der Waals surface area contributed by atoms with Crippen molar-refractivity contribution in [3.63, 3.8) is 0 Å². The molecule has 0 saturated heterocycles. The second-order valence-electron chi connectivity index (χ2n) is 4.45. The van der Waals surface area contributed by atoms with Crippen molar-refractivity contribution in [2.24, 2.45) is 0 Å². The van der Waals surface area contributed by atoms with Crippen LogP contribution in [0.5, 0.6) is 11.5 Å². The fourth-order valence-electron chi connectivity index (χ4n) is 1.89. The van der Waals surface area contributed by atoms with Gasteiger partial charge in [0.05, 0.1) is 6.54 Å². The highest BCUT2D eigenvalue weighted by atomic mass is 16.7. The molecule has 2 rings (SSSR count). The maximum Gasteiger partial charge on any atom is 0.234 e. The molecule has 1 aliphatic rings. The first kappa shape index (κ1) is 13.4. The number of hydrogen-bond donors (Lipinski definition) is 1. The standard InChI is InChI=1S/C14H18N2O3/c1-3-6-15-14(17)9-16(2)8-11-4-5-12-13(7-11)19-10-18-12/h3-5,7H,1,6,8-10H2,2H3,(H,15,17). The van der Waals surface area contributed by atoms with Crippen molar-refractivity contribution in [2.75, 3.05) is 26.9 Å². The molecule has 19 heavy (non-hydrogen) atoms. The molecule has 0 atom stereocenters. The summed E-state index contributed by atoms with van der Waals surface area (Å²) in [5.41, 5.74) is 1.09. The molecule has 102 valence electrons. The Labute approximate surface area is 112 Å². The third-order valence-electron chi connectivity index (χ3n) is 2.75. The van der Waals surface area contributed by atoms with Crippen molar-refractivity contribution in [3.8, 4) is 11.5 Å². The molecule has 0 spiro atoms. The van der Waals surface area contributed by atoms with Gasteiger partial charge < -0.3 is 14.8 Å². The van der Waals surface area contributed by atoms with Crippen LogP contribution in [0, 0.1) is 0 Å². The number of carbonyl (C=O) groups excluding carboxylic acids is 1. The van der Waals surface area contributed by atoms with Crippen LogP contribution in [0.2, 0.25) is 0 Å². The summed E-state index contributed by atoms with van der Waals surface area (Å²) in [5.74, 6) is 1.53. The number of amides is 1. The lowest BCUT2D eigenvalue weighted by molar-refractivity contribution is -0.121. The molecule has 1 N–H and O–H groups in total. The van der Waals surface area contributed by atoms with Crippen LogP contribution < -0.4 is 14.8 Å². The second-order valence-corrected chi connectivity index (χ2v) is 4.45. The van der Waals surface area contributed by atoms with E-state index in [1.807, 2.05) is 30.1 Å². The van der Waals surface area contributed by atoms with Gasteiger partial charge >= 0.3 is 0 Å². The number of hydrogen-bond acceptors (Lipinski definition) is 4. The van der Waals surface area contributed by atoms with Crippen LogP contribution >= 0.6 is 0 Å². The van der Waals surface area contributed by atoms with E-state index in [0.29, 0.717) is 19.6 Å². The van der Waals surface area contributed by atoms with E-state index in [9.17, 15) is 4.79 Å². The molecule has 0 radical (unpaired) electrons. The summed E-state index contributed by atoms with van der Waals surface area (Å²) in [5, 5.41) is 2.75. The van der Waals surface area contributed by atoms with Crippen molar-refractivity contribution in [1.82, 2.24) is 10.2 Å². The van der Waals surface area contributed by atoms with Crippen LogP contribution in [0.25, 0.3) is 0 Å². The highest BCUT2D eigenvalue weighted by Gasteiger charge is 2.14. The van der Waals surface area contributed by atoms with Crippen LogP contribution in [-0.4, -0.2) is 37.7 Å². The molecule has 1 heterocycles. The summed E-state index contributed by atoms with van der Waals surface area (Å²) < 4.78 is 10.6. The molecule has 1 aliphatic heterocycles. The predicted molar refractivity (Wildman–Crippen MR) is 72.1 cm³/mol. The number of likely N-dealkylation sites (N-methyl/N-ethyl adjacent to an activating group) is 1. The van der Waals surface area contributed by atoms with E-state index in [2.05, 4.69) is 11.9 Å². The van der Waals surface area contributed by atoms with Gasteiger partial charge in [-0.3, -0.25) is 9.69 Å². The lowest BCUT2D eigenvalue weighted by atomic mass is 10.2. The summed E-state index contributed by atoms with van der Waals surface area (Å²) in [4.78, 5) is 13.5. The molecule has 5 nitrogen and oxygen atoms in total. The van der Waals surface area contributed by atoms with Crippen molar-refractivity contribution < 1.29 is 14.3 Å². The van der Waals surface area contributed by atoms with Gasteiger partial charge in [0.25, 0.3) is 0 Å². The van der Waals surface area contributed by atoms with Crippen LogP contribution in [-0.2, 0) is 11.3 Å². The second kappa shape index (κ2) is 6.24. The van der Waals surface area contributed by atoms with E-state index in [1.54, 1.807) is 6.08 Å². The smallest absolute Gasteiger partial charge is 0.234 e. The van der Waals surface area contributed by atoms with Gasteiger partial charge in [-0.15, -0.1) is 6.58 Å². The number of fused-ring (bicyclic) bond motifs is 1. The fourth-order valence-corrected chi connectivity index (χ4v) is 1.89. The minimum atomic E-state index is -0.0110. The van der Waals surface area contributed by atoms with Gasteiger partial charge in [0, 0.05) is 13.1 Å². The van der Waals surface area contributed by atoms with Gasteiger partial charge in [-0.05, 0) is 24.7 Å². The average molecular weight is 262 g/mol. The van der Waals surface area contributed by atoms with Crippen molar-refractivity contribution in [2.45, 2.75) is 6.54 Å². The van der Waals surface area contributed by atoms with Gasteiger partial charge in [-0.2, -0.15) is 0 Å². The minimum absolute atomic E-state index is 0.0110. The molecule has 5 heteroatoms. The summed E-state index contributed by atoms with van der Waals surface area (Å²) in [6, 6.07) is 5.81. The first-order valence-electron chi connectivity index (χ1n) is 6.13. The van der Waals surface area contributed by atoms with E-state index in [-0.39, 0.29) is 12.7 Å². The van der Waals surface area contributed by atoms with Gasteiger partial charge in [-0.25, -0.2) is 0 Å². The molecule has 0 saturated carbocycles. The van der Waals surface area contributed by atoms with Gasteiger partial charge in [0.1, 0.15) is 0 Å². The van der Waals surface area contributed by atoms with Crippen molar-refractivity contribution in [1.29, 1.82) is 0 Å². The Morgan fingerprint density at radius 3 is 3.05 bits per heavy atom. The monoisotopic (exact) mass is 262 g/mol. The highest BCUT2D eigenvalue weighted by Crippen LogP contribution is 2.32. The summed E-state index contributed by atoms with van der Waals surface area (Å²) in [7, 11) is 1.90. The van der Waals surface area contributed by atoms with E-state index < -0.39 is 0 Å². The molecule has 1 aromatic carbocycles. The maximum absolute atomic E-state index is 11.5. The summed E-state index contributed by atoms with van der Waals surface area (Å²) >= 11 is 0. The van der Waals surface area contributed by atoms with Crippen LogP contribution in [0.1, 0.15) is 5.56 Å². The Morgan fingerprint density at radius 1 is 1.47 bits per heavy atom. The number of carbonyl (C=O) groups is 1. The number of benzene rings is 1. The van der Waals surface area contributed by atoms with Crippen molar-refractivity contribution >= 4 is 5.91 Å². The fraction of sp³-hybridized carbons (Fsp3) is 0.357. The first-order valence-corrected chi connectivity index (χ1v) is 6.13. The number of rotatable bonds is 6. The Kier molecular flexibility index (Phi) is 4.41. The Morgan fingerprint density at radius 2 is 2.26 bits per heavy atom. The third kappa shape index (κ3) is 3.72. The maximum atomic E-state index is 11.5. The molecule has 0 bridgehead atoms. The molecule has 1 amide bonds. The molecular weight excluding hydrogens is 244 g/mol. The molecule has 0 fully saturated rings. The Bertz CT molecular complexity index is 474. The van der Waals surface area contributed by atoms with Crippen LogP contribution in [0.3, 0.4) is 0 Å². The highest BCUT2D eigenvalue weighted by molar-refractivity contribution is 5.78. The number of nitrogens with one attached hydrogen (secondary N) is 1. The van der Waals surface area contributed by atoms with E-state index >= 15 is 0 Å². The summed E-state index contributed by atoms with van der Waals surface area (Å²) in [6.45, 7) is 5.36. The quantitative estimate of drug-likeness (QED) is 0.781. The van der Waals surface area contributed by atoms with E-state index in [0.717, 1.165) is 17.1 Å². The zero-order valence-corrected chi connectivity index (χ0v) is 11.0. The Hall–Kier alpha value is -2.01. The lowest BCUT2D eigenvalue weighted by Crippen LogP contribution is -2.34. The van der Waals surface area contributed by atoms with Gasteiger partial charge in [0.2, 0.25) is 12.7 Å². The molecule has 1 aromatic rings. The normalized spacial score (nSPS) is 12.5. The number of nitrogens with zero attached hydrogens (tertiary/aromatic N) is 1. The SMILES string of the molecule is C=CCNC(=O)CN(C)Cc1ccc2c(c1)OCO2. The lowest BCUT2D eigenvalue weighted by Gasteiger charge is -2.16. The number of ether oxygens (including phenoxy) is 2. The van der Waals surface area contributed by atoms with E-state index in [1.165, 1.54) is 0 Å². The molecular formula is C14H18N2O3. The average Bonchev–Trinajstić information content (AvgIpc) is 2.83. The van der Waals surface area contributed by atoms with Crippen molar-refractivity contribution in [3.05, 3.63) is 36.4 Å². The topological polar surface area (TPSA) is 50.8 Å². The largest absolute Gasteiger partial charge is 0.454 e. The van der Waals surface area contributed by atoms with Crippen LogP contribution in [0.4, 0.5) is 0 Å². The van der Waals surface area contributed by atoms with Gasteiger partial charge in [0.15, 0.2) is 11.5 Å². The van der Waals surface area contributed by atoms with Crippen LogP contribution in [0.15, 0.2) is 30.9 Å². The molecule has 0 aromatic heterocycles. The predicted octanol–water partition coefficient (Wildman–Crippen LogP) is 1.15. The van der Waals surface area contributed by atoms with Gasteiger partial charge in [-0.1, -0.05) is 12.1 Å².